The third-order valence-electron chi connectivity index (χ3n) is 3.88. The number of nitrogens with two attached hydrogens (primary N) is 1. The quantitative estimate of drug-likeness (QED) is 0.685. The zero-order chi connectivity index (χ0) is 15.3. The third kappa shape index (κ3) is 5.21. The minimum absolute atomic E-state index is 0.0377. The normalized spacial score (nSPS) is 16.6. The van der Waals surface area contributed by atoms with Crippen molar-refractivity contribution in [3.63, 3.8) is 0 Å². The van der Waals surface area contributed by atoms with Crippen molar-refractivity contribution in [1.29, 1.82) is 0 Å². The van der Waals surface area contributed by atoms with Crippen molar-refractivity contribution in [2.24, 2.45) is 5.41 Å². The molecule has 0 amide bonds. The fraction of sp³-hybridized carbons (Fsp3) is 0.600. The van der Waals surface area contributed by atoms with Gasteiger partial charge in [0.15, 0.2) is 0 Å². The maximum atomic E-state index is 12.0. The molecule has 0 aromatic heterocycles. The van der Waals surface area contributed by atoms with Gasteiger partial charge in [0.25, 0.3) is 0 Å². The molecule has 1 aromatic rings. The Labute approximate surface area is 126 Å². The second-order valence-corrected chi connectivity index (χ2v) is 7.74. The minimum atomic E-state index is -3.28. The van der Waals surface area contributed by atoms with Gasteiger partial charge in [-0.3, -0.25) is 0 Å². The molecular weight excluding hydrogens is 288 g/mol. The van der Waals surface area contributed by atoms with Gasteiger partial charge >= 0.3 is 0 Å². The number of hydrogen-bond donors (Lipinski definition) is 2. The molecule has 0 spiro atoms. The summed E-state index contributed by atoms with van der Waals surface area (Å²) in [6.07, 6.45) is 4.45. The molecule has 3 N–H and O–H groups in total. The summed E-state index contributed by atoms with van der Waals surface area (Å²) in [7, 11) is -3.28. The van der Waals surface area contributed by atoms with E-state index in [-0.39, 0.29) is 17.8 Å². The van der Waals surface area contributed by atoms with Gasteiger partial charge in [0.1, 0.15) is 12.4 Å². The van der Waals surface area contributed by atoms with E-state index in [9.17, 15) is 8.42 Å². The molecule has 1 aromatic carbocycles. The van der Waals surface area contributed by atoms with Crippen LogP contribution in [0.25, 0.3) is 0 Å². The molecule has 0 atom stereocenters. The van der Waals surface area contributed by atoms with Gasteiger partial charge in [0.2, 0.25) is 10.0 Å². The lowest BCUT2D eigenvalue weighted by Crippen LogP contribution is -2.33. The SMILES string of the molecule is CCCC1(CNS(=O)(=O)CCOc2cccc(N)c2)CC1. The van der Waals surface area contributed by atoms with Crippen LogP contribution >= 0.6 is 0 Å². The topological polar surface area (TPSA) is 81.4 Å². The van der Waals surface area contributed by atoms with Crippen molar-refractivity contribution >= 4 is 15.7 Å². The van der Waals surface area contributed by atoms with E-state index in [4.69, 9.17) is 10.5 Å². The number of nitrogens with one attached hydrogen (secondary N) is 1. The molecule has 1 aliphatic carbocycles. The zero-order valence-electron chi connectivity index (χ0n) is 12.5. The minimum Gasteiger partial charge on any atom is -0.492 e. The lowest BCUT2D eigenvalue weighted by molar-refractivity contribution is 0.340. The van der Waals surface area contributed by atoms with Crippen LogP contribution in [0.3, 0.4) is 0 Å². The number of rotatable bonds is 9. The van der Waals surface area contributed by atoms with Crippen molar-refractivity contribution in [2.45, 2.75) is 32.6 Å². The average Bonchev–Trinajstić information content (AvgIpc) is 3.18. The highest BCUT2D eigenvalue weighted by molar-refractivity contribution is 7.89. The first-order valence-electron chi connectivity index (χ1n) is 7.40. The van der Waals surface area contributed by atoms with Gasteiger partial charge in [-0.25, -0.2) is 13.1 Å². The summed E-state index contributed by atoms with van der Waals surface area (Å²) < 4.78 is 32.0. The van der Waals surface area contributed by atoms with Gasteiger partial charge in [-0.1, -0.05) is 19.4 Å². The van der Waals surface area contributed by atoms with Crippen LogP contribution in [0.2, 0.25) is 0 Å². The standard InChI is InChI=1S/C15H24N2O3S/c1-2-6-15(7-8-15)12-17-21(18,19)10-9-20-14-5-3-4-13(16)11-14/h3-5,11,17H,2,6-10,12,16H2,1H3. The smallest absolute Gasteiger partial charge is 0.214 e. The lowest BCUT2D eigenvalue weighted by atomic mass is 10.0. The predicted molar refractivity (Wildman–Crippen MR) is 84.7 cm³/mol. The van der Waals surface area contributed by atoms with E-state index in [0.29, 0.717) is 18.0 Å². The molecule has 5 nitrogen and oxygen atoms in total. The Hall–Kier alpha value is -1.27. The van der Waals surface area contributed by atoms with Crippen molar-refractivity contribution in [1.82, 2.24) is 4.72 Å². The Morgan fingerprint density at radius 3 is 2.76 bits per heavy atom. The maximum Gasteiger partial charge on any atom is 0.214 e. The lowest BCUT2D eigenvalue weighted by Gasteiger charge is -2.15. The molecule has 1 fully saturated rings. The second kappa shape index (κ2) is 6.66. The van der Waals surface area contributed by atoms with Crippen molar-refractivity contribution in [2.75, 3.05) is 24.6 Å². The van der Waals surface area contributed by atoms with Gasteiger partial charge in [-0.05, 0) is 36.8 Å². The molecule has 0 aliphatic heterocycles. The van der Waals surface area contributed by atoms with Gasteiger partial charge in [0, 0.05) is 18.3 Å². The Morgan fingerprint density at radius 1 is 1.38 bits per heavy atom. The summed E-state index contributed by atoms with van der Waals surface area (Å²) in [5.41, 5.74) is 6.46. The molecule has 2 rings (SSSR count). The third-order valence-corrected chi connectivity index (χ3v) is 5.17. The summed E-state index contributed by atoms with van der Waals surface area (Å²) in [6, 6.07) is 6.98. The number of anilines is 1. The summed E-state index contributed by atoms with van der Waals surface area (Å²) >= 11 is 0. The molecule has 6 heteroatoms. The van der Waals surface area contributed by atoms with Crippen LogP contribution in [0.1, 0.15) is 32.6 Å². The van der Waals surface area contributed by atoms with Crippen LogP contribution in [0.4, 0.5) is 5.69 Å². The zero-order valence-corrected chi connectivity index (χ0v) is 13.3. The summed E-state index contributed by atoms with van der Waals surface area (Å²) in [5.74, 6) is 0.555. The fourth-order valence-corrected chi connectivity index (χ4v) is 3.40. The van der Waals surface area contributed by atoms with E-state index in [0.717, 1.165) is 25.7 Å². The Kier molecular flexibility index (Phi) is 5.11. The Bertz CT molecular complexity index is 568. The molecule has 118 valence electrons. The number of benzene rings is 1. The molecule has 0 bridgehead atoms. The van der Waals surface area contributed by atoms with Gasteiger partial charge in [0.05, 0.1) is 5.75 Å². The van der Waals surface area contributed by atoms with Crippen molar-refractivity contribution < 1.29 is 13.2 Å². The van der Waals surface area contributed by atoms with Gasteiger partial charge in [-0.2, -0.15) is 0 Å². The first kappa shape index (κ1) is 16.1. The fourth-order valence-electron chi connectivity index (χ4n) is 2.43. The van der Waals surface area contributed by atoms with E-state index < -0.39 is 10.0 Å². The van der Waals surface area contributed by atoms with Crippen LogP contribution in [0.5, 0.6) is 5.75 Å². The number of ether oxygens (including phenoxy) is 1. The van der Waals surface area contributed by atoms with Crippen LogP contribution in [-0.2, 0) is 10.0 Å². The average molecular weight is 312 g/mol. The van der Waals surface area contributed by atoms with Crippen LogP contribution in [-0.4, -0.2) is 27.3 Å². The highest BCUT2D eigenvalue weighted by atomic mass is 32.2. The highest BCUT2D eigenvalue weighted by Crippen LogP contribution is 2.49. The van der Waals surface area contributed by atoms with E-state index in [1.165, 1.54) is 0 Å². The first-order chi connectivity index (χ1) is 9.95. The highest BCUT2D eigenvalue weighted by Gasteiger charge is 2.41. The van der Waals surface area contributed by atoms with E-state index in [2.05, 4.69) is 11.6 Å². The monoisotopic (exact) mass is 312 g/mol. The molecule has 0 heterocycles. The van der Waals surface area contributed by atoms with Crippen LogP contribution in [0.15, 0.2) is 24.3 Å². The molecule has 1 aliphatic rings. The van der Waals surface area contributed by atoms with Crippen LogP contribution < -0.4 is 15.2 Å². The summed E-state index contributed by atoms with van der Waals surface area (Å²) in [6.45, 7) is 2.81. The molecule has 0 unspecified atom stereocenters. The molecule has 0 radical (unpaired) electrons. The van der Waals surface area contributed by atoms with Crippen LogP contribution in [0, 0.1) is 5.41 Å². The number of hydrogen-bond acceptors (Lipinski definition) is 4. The maximum absolute atomic E-state index is 12.0. The first-order valence-corrected chi connectivity index (χ1v) is 9.06. The number of sulfonamides is 1. The molecular formula is C15H24N2O3S. The second-order valence-electron chi connectivity index (χ2n) is 5.81. The van der Waals surface area contributed by atoms with E-state index in [1.807, 2.05) is 0 Å². The molecule has 21 heavy (non-hydrogen) atoms. The number of nitrogen functional groups attached to an aromatic ring is 1. The largest absolute Gasteiger partial charge is 0.492 e. The molecule has 1 saturated carbocycles. The van der Waals surface area contributed by atoms with Crippen molar-refractivity contribution in [3.05, 3.63) is 24.3 Å². The summed E-state index contributed by atoms with van der Waals surface area (Å²) in [4.78, 5) is 0. The molecule has 0 saturated heterocycles. The van der Waals surface area contributed by atoms with Gasteiger partial charge in [-0.15, -0.1) is 0 Å². The Balaban J connectivity index is 1.74. The van der Waals surface area contributed by atoms with E-state index >= 15 is 0 Å². The summed E-state index contributed by atoms with van der Waals surface area (Å²) in [5, 5.41) is 0. The predicted octanol–water partition coefficient (Wildman–Crippen LogP) is 2.15. The van der Waals surface area contributed by atoms with Crippen molar-refractivity contribution in [3.8, 4) is 5.75 Å². The van der Waals surface area contributed by atoms with Gasteiger partial charge < -0.3 is 10.5 Å². The Morgan fingerprint density at radius 2 is 2.14 bits per heavy atom. The van der Waals surface area contributed by atoms with E-state index in [1.54, 1.807) is 24.3 Å².